The van der Waals surface area contributed by atoms with E-state index in [4.69, 9.17) is 18.7 Å². The summed E-state index contributed by atoms with van der Waals surface area (Å²) >= 11 is 0. The van der Waals surface area contributed by atoms with Crippen LogP contribution in [0.25, 0.3) is 0 Å². The zero-order valence-corrected chi connectivity index (χ0v) is 18.6. The van der Waals surface area contributed by atoms with Crippen LogP contribution in [0.15, 0.2) is 53.1 Å². The van der Waals surface area contributed by atoms with Crippen LogP contribution in [0.3, 0.4) is 0 Å². The fourth-order valence-corrected chi connectivity index (χ4v) is 3.07. The summed E-state index contributed by atoms with van der Waals surface area (Å²) in [7, 11) is 3.22. The third-order valence-corrected chi connectivity index (χ3v) is 4.99. The highest BCUT2D eigenvalue weighted by Crippen LogP contribution is 2.20. The van der Waals surface area contributed by atoms with Crippen molar-refractivity contribution in [3.8, 4) is 11.5 Å². The number of amides is 1. The molecular weight excluding hydrogens is 412 g/mol. The second kappa shape index (κ2) is 10.5. The second-order valence-electron chi connectivity index (χ2n) is 7.26. The van der Waals surface area contributed by atoms with Crippen LogP contribution < -0.4 is 9.47 Å². The van der Waals surface area contributed by atoms with Gasteiger partial charge >= 0.3 is 5.97 Å². The largest absolute Gasteiger partial charge is 0.496 e. The molecule has 8 nitrogen and oxygen atoms in total. The molecule has 0 atom stereocenters. The lowest BCUT2D eigenvalue weighted by Gasteiger charge is -2.18. The van der Waals surface area contributed by atoms with Gasteiger partial charge in [-0.1, -0.05) is 29.4 Å². The summed E-state index contributed by atoms with van der Waals surface area (Å²) in [5, 5.41) is 3.89. The number of carbonyl (C=O) groups is 2. The third-order valence-electron chi connectivity index (χ3n) is 4.99. The number of methoxy groups -OCH3 is 1. The molecule has 0 saturated carbocycles. The summed E-state index contributed by atoms with van der Waals surface area (Å²) in [4.78, 5) is 26.3. The predicted molar refractivity (Wildman–Crippen MR) is 117 cm³/mol. The van der Waals surface area contributed by atoms with Crippen molar-refractivity contribution in [3.63, 3.8) is 0 Å². The van der Waals surface area contributed by atoms with E-state index in [-0.39, 0.29) is 19.1 Å². The first-order valence-corrected chi connectivity index (χ1v) is 10.1. The van der Waals surface area contributed by atoms with Crippen LogP contribution in [0.5, 0.6) is 11.5 Å². The van der Waals surface area contributed by atoms with E-state index in [9.17, 15) is 9.59 Å². The number of aromatic nitrogens is 1. The molecule has 1 heterocycles. The van der Waals surface area contributed by atoms with Crippen molar-refractivity contribution in [2.24, 2.45) is 0 Å². The molecule has 1 aromatic heterocycles. The molecule has 0 N–H and O–H groups in total. The van der Waals surface area contributed by atoms with Gasteiger partial charge in [0.25, 0.3) is 5.91 Å². The number of hydrogen-bond donors (Lipinski definition) is 0. The molecule has 0 unspecified atom stereocenters. The molecule has 2 aromatic carbocycles. The lowest BCUT2D eigenvalue weighted by Crippen LogP contribution is -2.31. The summed E-state index contributed by atoms with van der Waals surface area (Å²) in [6, 6.07) is 14.0. The average Bonchev–Trinajstić information content (AvgIpc) is 3.13. The van der Waals surface area contributed by atoms with Gasteiger partial charge in [-0.2, -0.15) is 0 Å². The highest BCUT2D eigenvalue weighted by atomic mass is 16.5. The maximum Gasteiger partial charge on any atom is 0.338 e. The van der Waals surface area contributed by atoms with Crippen LogP contribution in [0.1, 0.15) is 32.9 Å². The van der Waals surface area contributed by atoms with E-state index >= 15 is 0 Å². The number of carbonyl (C=O) groups excluding carboxylic acids is 2. The Bertz CT molecular complexity index is 1070. The Balaban J connectivity index is 1.54. The zero-order chi connectivity index (χ0) is 23.1. The van der Waals surface area contributed by atoms with Gasteiger partial charge in [0.15, 0.2) is 6.61 Å². The van der Waals surface area contributed by atoms with Gasteiger partial charge in [0, 0.05) is 19.2 Å². The molecule has 0 aliphatic heterocycles. The summed E-state index contributed by atoms with van der Waals surface area (Å²) in [5.74, 6) is 0.951. The fraction of sp³-hybridized carbons (Fsp3) is 0.292. The van der Waals surface area contributed by atoms with Gasteiger partial charge in [0.2, 0.25) is 0 Å². The molecule has 32 heavy (non-hydrogen) atoms. The molecule has 1 amide bonds. The van der Waals surface area contributed by atoms with Crippen LogP contribution in [-0.2, 0) is 22.7 Å². The minimum atomic E-state index is -0.605. The van der Waals surface area contributed by atoms with Gasteiger partial charge in [-0.25, -0.2) is 4.79 Å². The molecule has 0 spiro atoms. The Hall–Kier alpha value is -3.81. The van der Waals surface area contributed by atoms with Crippen molar-refractivity contribution in [2.45, 2.75) is 27.0 Å². The van der Waals surface area contributed by atoms with Crippen molar-refractivity contribution < 1.29 is 28.3 Å². The average molecular weight is 438 g/mol. The smallest absolute Gasteiger partial charge is 0.338 e. The Labute approximate surface area is 186 Å². The summed E-state index contributed by atoms with van der Waals surface area (Å²) in [6.45, 7) is 3.89. The second-order valence-corrected chi connectivity index (χ2v) is 7.26. The minimum absolute atomic E-state index is 0.270. The Morgan fingerprint density at radius 2 is 1.88 bits per heavy atom. The van der Waals surface area contributed by atoms with E-state index in [1.165, 1.54) is 4.90 Å². The molecule has 3 aromatic rings. The molecule has 0 fully saturated rings. The first kappa shape index (κ1) is 22.9. The first-order chi connectivity index (χ1) is 15.4. The van der Waals surface area contributed by atoms with E-state index in [0.717, 1.165) is 16.8 Å². The first-order valence-electron chi connectivity index (χ1n) is 10.1. The lowest BCUT2D eigenvalue weighted by molar-refractivity contribution is -0.133. The molecule has 0 aliphatic rings. The number of esters is 1. The molecule has 0 aliphatic carbocycles. The van der Waals surface area contributed by atoms with Crippen LogP contribution in [0, 0.1) is 13.8 Å². The molecule has 168 valence electrons. The Kier molecular flexibility index (Phi) is 7.49. The molecule has 0 bridgehead atoms. The topological polar surface area (TPSA) is 91.1 Å². The number of nitrogens with zero attached hydrogens (tertiary/aromatic N) is 2. The minimum Gasteiger partial charge on any atom is -0.496 e. The number of ether oxygens (including phenoxy) is 3. The molecule has 8 heteroatoms. The van der Waals surface area contributed by atoms with Crippen LogP contribution in [0.4, 0.5) is 0 Å². The zero-order valence-electron chi connectivity index (χ0n) is 18.6. The van der Waals surface area contributed by atoms with E-state index in [2.05, 4.69) is 5.16 Å². The number of benzene rings is 2. The SMILES string of the molecule is COc1ccccc1CN(C)C(=O)COC(=O)c1cccc(OCc2c(C)noc2C)c1. The summed E-state index contributed by atoms with van der Waals surface area (Å²) in [6.07, 6.45) is 0. The quantitative estimate of drug-likeness (QED) is 0.471. The van der Waals surface area contributed by atoms with Crippen molar-refractivity contribution >= 4 is 11.9 Å². The van der Waals surface area contributed by atoms with Gasteiger partial charge < -0.3 is 23.6 Å². The normalized spacial score (nSPS) is 10.5. The van der Waals surface area contributed by atoms with E-state index in [1.54, 1.807) is 38.4 Å². The highest BCUT2D eigenvalue weighted by molar-refractivity contribution is 5.91. The van der Waals surface area contributed by atoms with Crippen molar-refractivity contribution in [1.82, 2.24) is 10.1 Å². The predicted octanol–water partition coefficient (Wildman–Crippen LogP) is 3.69. The number of rotatable bonds is 9. The van der Waals surface area contributed by atoms with E-state index in [1.807, 2.05) is 38.1 Å². The summed E-state index contributed by atoms with van der Waals surface area (Å²) < 4.78 is 21.4. The highest BCUT2D eigenvalue weighted by Gasteiger charge is 2.16. The number of aryl methyl sites for hydroxylation is 2. The van der Waals surface area contributed by atoms with Crippen LogP contribution >= 0.6 is 0 Å². The Morgan fingerprint density at radius 3 is 2.59 bits per heavy atom. The molecular formula is C24H26N2O6. The van der Waals surface area contributed by atoms with Crippen molar-refractivity contribution in [1.29, 1.82) is 0 Å². The molecule has 0 radical (unpaired) electrons. The van der Waals surface area contributed by atoms with Gasteiger partial charge in [-0.15, -0.1) is 0 Å². The van der Waals surface area contributed by atoms with Gasteiger partial charge in [0.1, 0.15) is 23.9 Å². The molecule has 0 saturated heterocycles. The van der Waals surface area contributed by atoms with E-state index in [0.29, 0.717) is 29.4 Å². The van der Waals surface area contributed by atoms with Gasteiger partial charge in [-0.05, 0) is 38.1 Å². The van der Waals surface area contributed by atoms with Gasteiger partial charge in [0.05, 0.1) is 23.9 Å². The lowest BCUT2D eigenvalue weighted by atomic mass is 10.2. The van der Waals surface area contributed by atoms with Crippen LogP contribution in [0.2, 0.25) is 0 Å². The van der Waals surface area contributed by atoms with Crippen LogP contribution in [-0.4, -0.2) is 42.7 Å². The van der Waals surface area contributed by atoms with E-state index < -0.39 is 5.97 Å². The monoisotopic (exact) mass is 438 g/mol. The Morgan fingerprint density at radius 1 is 1.09 bits per heavy atom. The number of hydrogen-bond acceptors (Lipinski definition) is 7. The van der Waals surface area contributed by atoms with Crippen molar-refractivity contribution in [2.75, 3.05) is 20.8 Å². The summed E-state index contributed by atoms with van der Waals surface area (Å²) in [5.41, 5.74) is 2.78. The molecule has 3 rings (SSSR count). The maximum atomic E-state index is 12.4. The van der Waals surface area contributed by atoms with Crippen molar-refractivity contribution in [3.05, 3.63) is 76.7 Å². The number of para-hydroxylation sites is 1. The number of likely N-dealkylation sites (N-methyl/N-ethyl adjacent to an activating group) is 1. The maximum absolute atomic E-state index is 12.4. The van der Waals surface area contributed by atoms with Gasteiger partial charge in [-0.3, -0.25) is 4.79 Å². The fourth-order valence-electron chi connectivity index (χ4n) is 3.07. The standard InChI is InChI=1S/C24H26N2O6/c1-16-21(17(2)32-25-16)14-30-20-10-7-9-18(12-20)24(28)31-15-23(27)26(3)13-19-8-5-6-11-22(19)29-4/h5-12H,13-15H2,1-4H3. The third kappa shape index (κ3) is 5.66.